The molecule has 0 amide bonds. The van der Waals surface area contributed by atoms with Gasteiger partial charge in [0.1, 0.15) is 4.64 Å². The third kappa shape index (κ3) is 4.93. The Labute approximate surface area is 137 Å². The molecule has 2 rings (SSSR count). The number of aromatic nitrogens is 2. The van der Waals surface area contributed by atoms with Crippen molar-refractivity contribution in [3.8, 4) is 5.88 Å². The average Bonchev–Trinajstić information content (AvgIpc) is 2.50. The van der Waals surface area contributed by atoms with Gasteiger partial charge in [-0.05, 0) is 50.5 Å². The molecule has 0 fully saturated rings. The number of rotatable bonds is 3. The molecule has 5 heteroatoms. The summed E-state index contributed by atoms with van der Waals surface area (Å²) in [5, 5.41) is 0. The van der Waals surface area contributed by atoms with Gasteiger partial charge in [0.05, 0.1) is 7.11 Å². The van der Waals surface area contributed by atoms with Crippen molar-refractivity contribution in [1.29, 1.82) is 0 Å². The van der Waals surface area contributed by atoms with Crippen molar-refractivity contribution in [3.63, 3.8) is 0 Å². The SMILES string of the molecule is CCc1ccc(=S)[nH]c1C.COc1nc(C)c(C)cc1CN. The summed E-state index contributed by atoms with van der Waals surface area (Å²) >= 11 is 4.95. The first-order valence-electron chi connectivity index (χ1n) is 7.32. The van der Waals surface area contributed by atoms with Crippen LogP contribution in [0.5, 0.6) is 5.88 Å². The molecule has 0 aliphatic heterocycles. The molecule has 2 aromatic rings. The minimum Gasteiger partial charge on any atom is -0.481 e. The standard InChI is InChI=1S/C9H14N2O.C8H11NS/c1-6-4-8(5-10)9(12-3)11-7(6)2;1-3-7-4-5-8(10)9-6(7)2/h4H,5,10H2,1-3H3;4-5H,3H2,1-2H3,(H,9,10). The van der Waals surface area contributed by atoms with E-state index in [9.17, 15) is 0 Å². The molecule has 0 spiro atoms. The molecule has 2 heterocycles. The number of ether oxygens (including phenoxy) is 1. The van der Waals surface area contributed by atoms with Gasteiger partial charge in [0.2, 0.25) is 5.88 Å². The molecule has 2 aromatic heterocycles. The lowest BCUT2D eigenvalue weighted by Crippen LogP contribution is -2.03. The zero-order valence-electron chi connectivity index (χ0n) is 14.0. The average molecular weight is 319 g/mol. The van der Waals surface area contributed by atoms with Gasteiger partial charge in [-0.3, -0.25) is 0 Å². The highest BCUT2D eigenvalue weighted by Gasteiger charge is 2.04. The lowest BCUT2D eigenvalue weighted by Gasteiger charge is -2.08. The fourth-order valence-electron chi connectivity index (χ4n) is 2.05. The zero-order chi connectivity index (χ0) is 16.7. The predicted octanol–water partition coefficient (Wildman–Crippen LogP) is 3.78. The van der Waals surface area contributed by atoms with E-state index >= 15 is 0 Å². The van der Waals surface area contributed by atoms with Gasteiger partial charge in [0, 0.05) is 23.5 Å². The Balaban J connectivity index is 0.000000224. The normalized spacial score (nSPS) is 9.91. The van der Waals surface area contributed by atoms with Crippen LogP contribution in [0, 0.1) is 25.4 Å². The number of nitrogens with two attached hydrogens (primary N) is 1. The molecule has 0 unspecified atom stereocenters. The number of methoxy groups -OCH3 is 1. The van der Waals surface area contributed by atoms with Crippen molar-refractivity contribution in [2.75, 3.05) is 7.11 Å². The van der Waals surface area contributed by atoms with Crippen LogP contribution in [0.3, 0.4) is 0 Å². The summed E-state index contributed by atoms with van der Waals surface area (Å²) in [4.78, 5) is 7.36. The lowest BCUT2D eigenvalue weighted by atomic mass is 10.1. The molecule has 0 radical (unpaired) electrons. The lowest BCUT2D eigenvalue weighted by molar-refractivity contribution is 0.391. The number of hydrogen-bond donors (Lipinski definition) is 2. The Morgan fingerprint density at radius 1 is 1.23 bits per heavy atom. The summed E-state index contributed by atoms with van der Waals surface area (Å²) in [6.45, 7) is 8.63. The molecule has 0 saturated heterocycles. The van der Waals surface area contributed by atoms with Crippen LogP contribution in [0.25, 0.3) is 0 Å². The van der Waals surface area contributed by atoms with E-state index in [0.717, 1.165) is 27.9 Å². The summed E-state index contributed by atoms with van der Waals surface area (Å²) in [5.41, 5.74) is 11.2. The van der Waals surface area contributed by atoms with Gasteiger partial charge < -0.3 is 15.5 Å². The van der Waals surface area contributed by atoms with E-state index < -0.39 is 0 Å². The molecule has 0 aromatic carbocycles. The van der Waals surface area contributed by atoms with Crippen molar-refractivity contribution in [2.24, 2.45) is 5.73 Å². The Morgan fingerprint density at radius 2 is 1.91 bits per heavy atom. The van der Waals surface area contributed by atoms with Crippen molar-refractivity contribution in [1.82, 2.24) is 9.97 Å². The number of aryl methyl sites for hydroxylation is 4. The van der Waals surface area contributed by atoms with Gasteiger partial charge in [-0.2, -0.15) is 0 Å². The van der Waals surface area contributed by atoms with Crippen LogP contribution < -0.4 is 10.5 Å². The van der Waals surface area contributed by atoms with Crippen molar-refractivity contribution < 1.29 is 4.74 Å². The van der Waals surface area contributed by atoms with Gasteiger partial charge in [-0.15, -0.1) is 0 Å². The van der Waals surface area contributed by atoms with E-state index in [1.807, 2.05) is 26.0 Å². The van der Waals surface area contributed by atoms with Crippen LogP contribution in [0.2, 0.25) is 0 Å². The smallest absolute Gasteiger partial charge is 0.217 e. The summed E-state index contributed by atoms with van der Waals surface area (Å²) in [7, 11) is 1.61. The topological polar surface area (TPSA) is 63.9 Å². The van der Waals surface area contributed by atoms with Crippen molar-refractivity contribution in [3.05, 3.63) is 50.9 Å². The maximum atomic E-state index is 5.53. The fourth-order valence-corrected chi connectivity index (χ4v) is 2.27. The first kappa shape index (κ1) is 18.3. The second kappa shape index (κ2) is 8.66. The predicted molar refractivity (Wildman–Crippen MR) is 93.9 cm³/mol. The summed E-state index contributed by atoms with van der Waals surface area (Å²) in [6, 6.07) is 6.02. The number of nitrogens with one attached hydrogen (secondary N) is 1. The van der Waals surface area contributed by atoms with Gasteiger partial charge in [-0.1, -0.05) is 25.2 Å². The van der Waals surface area contributed by atoms with E-state index in [1.54, 1.807) is 7.11 Å². The highest BCUT2D eigenvalue weighted by atomic mass is 32.1. The van der Waals surface area contributed by atoms with Crippen molar-refractivity contribution in [2.45, 2.75) is 40.7 Å². The van der Waals surface area contributed by atoms with Crippen LogP contribution >= 0.6 is 12.2 Å². The summed E-state index contributed by atoms with van der Waals surface area (Å²) in [5.74, 6) is 0.639. The Bertz CT molecular complexity index is 651. The maximum Gasteiger partial charge on any atom is 0.217 e. The van der Waals surface area contributed by atoms with Crippen LogP contribution in [-0.4, -0.2) is 17.1 Å². The molecule has 0 atom stereocenters. The molecule has 0 bridgehead atoms. The van der Waals surface area contributed by atoms with Crippen molar-refractivity contribution >= 4 is 12.2 Å². The van der Waals surface area contributed by atoms with Gasteiger partial charge in [-0.25, -0.2) is 4.98 Å². The molecule has 0 aliphatic carbocycles. The summed E-state index contributed by atoms with van der Waals surface area (Å²) in [6.07, 6.45) is 1.07. The van der Waals surface area contributed by atoms with Crippen LogP contribution in [0.1, 0.15) is 35.0 Å². The Hall–Kier alpha value is -1.72. The van der Waals surface area contributed by atoms with E-state index in [4.69, 9.17) is 22.7 Å². The van der Waals surface area contributed by atoms with Crippen LogP contribution in [-0.2, 0) is 13.0 Å². The van der Waals surface area contributed by atoms with E-state index in [0.29, 0.717) is 12.4 Å². The minimum atomic E-state index is 0.470. The third-order valence-corrected chi connectivity index (χ3v) is 3.77. The first-order chi connectivity index (χ1) is 10.4. The fraction of sp³-hybridized carbons (Fsp3) is 0.412. The zero-order valence-corrected chi connectivity index (χ0v) is 14.8. The van der Waals surface area contributed by atoms with E-state index in [2.05, 4.69) is 29.9 Å². The molecule has 120 valence electrons. The molecule has 0 aliphatic rings. The quantitative estimate of drug-likeness (QED) is 0.845. The molecule has 3 N–H and O–H groups in total. The maximum absolute atomic E-state index is 5.53. The van der Waals surface area contributed by atoms with Crippen LogP contribution in [0.4, 0.5) is 0 Å². The first-order valence-corrected chi connectivity index (χ1v) is 7.73. The number of hydrogen-bond acceptors (Lipinski definition) is 4. The molecule has 4 nitrogen and oxygen atoms in total. The molecule has 22 heavy (non-hydrogen) atoms. The third-order valence-electron chi connectivity index (χ3n) is 3.53. The largest absolute Gasteiger partial charge is 0.481 e. The Kier molecular flexibility index (Phi) is 7.21. The van der Waals surface area contributed by atoms with Gasteiger partial charge >= 0.3 is 0 Å². The minimum absolute atomic E-state index is 0.470. The van der Waals surface area contributed by atoms with E-state index in [1.165, 1.54) is 11.3 Å². The van der Waals surface area contributed by atoms with Crippen LogP contribution in [0.15, 0.2) is 18.2 Å². The molecular weight excluding hydrogens is 294 g/mol. The highest BCUT2D eigenvalue weighted by Crippen LogP contribution is 2.17. The number of H-pyrrole nitrogens is 1. The highest BCUT2D eigenvalue weighted by molar-refractivity contribution is 7.71. The number of aromatic amines is 1. The van der Waals surface area contributed by atoms with Gasteiger partial charge in [0.25, 0.3) is 0 Å². The monoisotopic (exact) mass is 319 g/mol. The molecular formula is C17H25N3OS. The second-order valence-corrected chi connectivity index (χ2v) is 5.53. The number of pyridine rings is 2. The Morgan fingerprint density at radius 3 is 2.41 bits per heavy atom. The van der Waals surface area contributed by atoms with Gasteiger partial charge in [0.15, 0.2) is 0 Å². The summed E-state index contributed by atoms with van der Waals surface area (Å²) < 4.78 is 5.90. The second-order valence-electron chi connectivity index (χ2n) is 5.09. The number of nitrogens with zero attached hydrogens (tertiary/aromatic N) is 1. The molecule has 0 saturated carbocycles. The van der Waals surface area contributed by atoms with E-state index in [-0.39, 0.29) is 0 Å².